The zero-order valence-corrected chi connectivity index (χ0v) is 16.0. The summed E-state index contributed by atoms with van der Waals surface area (Å²) in [6, 6.07) is 6.00. The topological polar surface area (TPSA) is 70.1 Å². The van der Waals surface area contributed by atoms with Crippen molar-refractivity contribution >= 4 is 16.9 Å². The van der Waals surface area contributed by atoms with Crippen LogP contribution in [-0.2, 0) is 13.0 Å². The van der Waals surface area contributed by atoms with Crippen molar-refractivity contribution in [2.75, 3.05) is 7.11 Å². The monoisotopic (exact) mass is 351 g/mol. The van der Waals surface area contributed by atoms with E-state index in [0.717, 1.165) is 52.0 Å². The molecule has 0 aliphatic carbocycles. The lowest BCUT2D eigenvalue weighted by Crippen LogP contribution is -2.14. The highest BCUT2D eigenvalue weighted by molar-refractivity contribution is 6.01. The molecule has 0 radical (unpaired) electrons. The first-order valence-corrected chi connectivity index (χ1v) is 8.89. The van der Waals surface area contributed by atoms with E-state index in [1.165, 1.54) is 5.56 Å². The molecule has 0 unspecified atom stereocenters. The molecule has 0 bridgehead atoms. The van der Waals surface area contributed by atoms with Crippen LogP contribution in [0, 0.1) is 13.8 Å². The molecule has 3 aromatic rings. The van der Waals surface area contributed by atoms with E-state index in [1.54, 1.807) is 13.2 Å². The van der Waals surface area contributed by atoms with Gasteiger partial charge in [0.05, 0.1) is 7.11 Å². The molecule has 0 spiro atoms. The Labute approximate surface area is 153 Å². The number of hydrogen-bond donors (Lipinski definition) is 1. The van der Waals surface area contributed by atoms with Crippen LogP contribution >= 0.6 is 0 Å². The summed E-state index contributed by atoms with van der Waals surface area (Å²) >= 11 is 0. The average Bonchev–Trinajstić information content (AvgIpc) is 3.04. The zero-order valence-electron chi connectivity index (χ0n) is 16.0. The highest BCUT2D eigenvalue weighted by Crippen LogP contribution is 2.39. The predicted molar refractivity (Wildman–Crippen MR) is 105 cm³/mol. The number of amides is 1. The maximum atomic E-state index is 11.9. The molecule has 0 saturated carbocycles. The van der Waals surface area contributed by atoms with Crippen molar-refractivity contribution in [2.24, 2.45) is 5.73 Å². The normalized spacial score (nSPS) is 11.1. The summed E-state index contributed by atoms with van der Waals surface area (Å²) < 4.78 is 7.71. The van der Waals surface area contributed by atoms with Crippen LogP contribution in [0.5, 0.6) is 5.75 Å². The van der Waals surface area contributed by atoms with Gasteiger partial charge in [0, 0.05) is 18.1 Å². The number of aromatic nitrogens is 2. The van der Waals surface area contributed by atoms with Crippen LogP contribution in [0.4, 0.5) is 0 Å². The fourth-order valence-electron chi connectivity index (χ4n) is 3.76. The van der Waals surface area contributed by atoms with Crippen LogP contribution in [0.25, 0.3) is 22.2 Å². The minimum atomic E-state index is -0.524. The average molecular weight is 351 g/mol. The quantitative estimate of drug-likeness (QED) is 0.755. The molecule has 0 saturated heterocycles. The SMILES string of the molecule is CCc1cc(C)c(-c2cc(C(N)=O)nc3c2ccn3CC)c(C)c1OC. The number of nitrogens with zero attached hydrogens (tertiary/aromatic N) is 2. The van der Waals surface area contributed by atoms with Crippen LogP contribution in [0.2, 0.25) is 0 Å². The molecule has 0 fully saturated rings. The molecular formula is C21H25N3O2. The summed E-state index contributed by atoms with van der Waals surface area (Å²) in [4.78, 5) is 16.4. The number of benzene rings is 1. The van der Waals surface area contributed by atoms with E-state index in [2.05, 4.69) is 31.8 Å². The largest absolute Gasteiger partial charge is 0.496 e. The van der Waals surface area contributed by atoms with Crippen LogP contribution < -0.4 is 10.5 Å². The number of rotatable bonds is 5. The third-order valence-corrected chi connectivity index (χ3v) is 4.97. The molecule has 0 aliphatic heterocycles. The van der Waals surface area contributed by atoms with Crippen molar-refractivity contribution in [2.45, 2.75) is 40.7 Å². The molecule has 1 amide bonds. The van der Waals surface area contributed by atoms with Gasteiger partial charge >= 0.3 is 0 Å². The Bertz CT molecular complexity index is 1000. The molecule has 2 aromatic heterocycles. The van der Waals surface area contributed by atoms with Gasteiger partial charge in [-0.3, -0.25) is 4.79 Å². The van der Waals surface area contributed by atoms with Crippen molar-refractivity contribution in [1.82, 2.24) is 9.55 Å². The smallest absolute Gasteiger partial charge is 0.267 e. The first kappa shape index (κ1) is 18.0. The number of carbonyl (C=O) groups excluding carboxylic acids is 1. The third-order valence-electron chi connectivity index (χ3n) is 4.97. The van der Waals surface area contributed by atoms with Crippen molar-refractivity contribution in [3.63, 3.8) is 0 Å². The Morgan fingerprint density at radius 1 is 1.27 bits per heavy atom. The number of nitrogens with two attached hydrogens (primary N) is 1. The number of hydrogen-bond acceptors (Lipinski definition) is 3. The van der Waals surface area contributed by atoms with Gasteiger partial charge in [0.2, 0.25) is 0 Å². The molecule has 3 rings (SSSR count). The van der Waals surface area contributed by atoms with Gasteiger partial charge in [-0.05, 0) is 67.1 Å². The Kier molecular flexibility index (Phi) is 4.72. The number of methoxy groups -OCH3 is 1. The summed E-state index contributed by atoms with van der Waals surface area (Å²) in [5.74, 6) is 0.373. The van der Waals surface area contributed by atoms with Gasteiger partial charge in [0.15, 0.2) is 0 Å². The Hall–Kier alpha value is -2.82. The second-order valence-corrected chi connectivity index (χ2v) is 6.50. The van der Waals surface area contributed by atoms with Gasteiger partial charge in [0.25, 0.3) is 5.91 Å². The number of pyridine rings is 1. The zero-order chi connectivity index (χ0) is 19.0. The minimum absolute atomic E-state index is 0.276. The summed E-state index contributed by atoms with van der Waals surface area (Å²) in [6.07, 6.45) is 2.89. The van der Waals surface area contributed by atoms with E-state index < -0.39 is 5.91 Å². The first-order valence-electron chi connectivity index (χ1n) is 8.89. The van der Waals surface area contributed by atoms with Gasteiger partial charge < -0.3 is 15.0 Å². The van der Waals surface area contributed by atoms with E-state index in [9.17, 15) is 4.79 Å². The van der Waals surface area contributed by atoms with Gasteiger partial charge in [-0.15, -0.1) is 0 Å². The van der Waals surface area contributed by atoms with Crippen LogP contribution in [0.15, 0.2) is 24.4 Å². The molecule has 0 atom stereocenters. The number of fused-ring (bicyclic) bond motifs is 1. The fourth-order valence-corrected chi connectivity index (χ4v) is 3.76. The molecule has 26 heavy (non-hydrogen) atoms. The minimum Gasteiger partial charge on any atom is -0.496 e. The van der Waals surface area contributed by atoms with E-state index in [4.69, 9.17) is 10.5 Å². The second kappa shape index (κ2) is 6.83. The maximum Gasteiger partial charge on any atom is 0.267 e. The van der Waals surface area contributed by atoms with Crippen molar-refractivity contribution < 1.29 is 9.53 Å². The van der Waals surface area contributed by atoms with Crippen molar-refractivity contribution in [3.05, 3.63) is 46.8 Å². The molecule has 2 N–H and O–H groups in total. The van der Waals surface area contributed by atoms with Gasteiger partial charge in [0.1, 0.15) is 17.1 Å². The molecule has 5 heteroatoms. The highest BCUT2D eigenvalue weighted by atomic mass is 16.5. The van der Waals surface area contributed by atoms with Crippen LogP contribution in [-0.4, -0.2) is 22.6 Å². The van der Waals surface area contributed by atoms with E-state index in [1.807, 2.05) is 23.8 Å². The molecule has 5 nitrogen and oxygen atoms in total. The van der Waals surface area contributed by atoms with Gasteiger partial charge in [-0.25, -0.2) is 4.98 Å². The molecule has 136 valence electrons. The van der Waals surface area contributed by atoms with Gasteiger partial charge in [-0.1, -0.05) is 13.0 Å². The third kappa shape index (κ3) is 2.73. The molecular weight excluding hydrogens is 326 g/mol. The maximum absolute atomic E-state index is 11.9. The van der Waals surface area contributed by atoms with E-state index in [-0.39, 0.29) is 5.69 Å². The summed E-state index contributed by atoms with van der Waals surface area (Å²) in [6.45, 7) is 9.09. The summed E-state index contributed by atoms with van der Waals surface area (Å²) in [5.41, 5.74) is 12.0. The highest BCUT2D eigenvalue weighted by Gasteiger charge is 2.20. The number of carbonyl (C=O) groups is 1. The van der Waals surface area contributed by atoms with E-state index >= 15 is 0 Å². The van der Waals surface area contributed by atoms with Crippen LogP contribution in [0.1, 0.15) is 41.0 Å². The lowest BCUT2D eigenvalue weighted by molar-refractivity contribution is 0.0996. The fraction of sp³-hybridized carbons (Fsp3) is 0.333. The Balaban J connectivity index is 2.42. The number of primary amides is 1. The molecule has 0 aliphatic rings. The van der Waals surface area contributed by atoms with Gasteiger partial charge in [-0.2, -0.15) is 0 Å². The lowest BCUT2D eigenvalue weighted by atomic mass is 9.90. The molecule has 2 heterocycles. The predicted octanol–water partition coefficient (Wildman–Crippen LogP) is 4.01. The van der Waals surface area contributed by atoms with Crippen molar-refractivity contribution in [3.8, 4) is 16.9 Å². The number of aryl methyl sites for hydroxylation is 3. The van der Waals surface area contributed by atoms with Crippen molar-refractivity contribution in [1.29, 1.82) is 0 Å². The second-order valence-electron chi connectivity index (χ2n) is 6.50. The standard InChI is InChI=1S/C21H25N3O2/c1-6-14-10-12(3)18(13(4)19(14)26-5)16-11-17(20(22)25)23-21-15(16)8-9-24(21)7-2/h8-11H,6-7H2,1-5H3,(H2,22,25). The Morgan fingerprint density at radius 2 is 2.00 bits per heavy atom. The van der Waals surface area contributed by atoms with E-state index in [0.29, 0.717) is 0 Å². The lowest BCUT2D eigenvalue weighted by Gasteiger charge is -2.19. The molecule has 1 aromatic carbocycles. The first-order chi connectivity index (χ1) is 12.4. The number of ether oxygens (including phenoxy) is 1. The summed E-state index contributed by atoms with van der Waals surface area (Å²) in [5, 5.41) is 1.01. The van der Waals surface area contributed by atoms with Crippen LogP contribution in [0.3, 0.4) is 0 Å². The summed E-state index contributed by atoms with van der Waals surface area (Å²) in [7, 11) is 1.70. The Morgan fingerprint density at radius 3 is 2.58 bits per heavy atom.